The maximum Gasteiger partial charge on any atom is 0.500 e. The van der Waals surface area contributed by atoms with Gasteiger partial charge >= 0.3 is 8.80 Å². The molecule has 0 saturated heterocycles. The average molecular weight is 372 g/mol. The van der Waals surface area contributed by atoms with E-state index in [0.717, 1.165) is 24.7 Å². The van der Waals surface area contributed by atoms with Crippen molar-refractivity contribution in [3.63, 3.8) is 0 Å². The minimum atomic E-state index is -2.55. The molecule has 0 spiro atoms. The third-order valence-corrected chi connectivity index (χ3v) is 6.47. The number of hydrogen-bond acceptors (Lipinski definition) is 5. The summed E-state index contributed by atoms with van der Waals surface area (Å²) in [5, 5.41) is 3.63. The van der Waals surface area contributed by atoms with Crippen LogP contribution < -0.4 is 16.2 Å². The summed E-state index contributed by atoms with van der Waals surface area (Å²) < 4.78 is 17.5. The molecular weight excluding hydrogens is 342 g/mol. The Morgan fingerprint density at radius 1 is 1.00 bits per heavy atom. The molecule has 0 aliphatic carbocycles. The van der Waals surface area contributed by atoms with Gasteiger partial charge in [-0.3, -0.25) is 5.43 Å². The Hall–Kier alpha value is -1.03. The van der Waals surface area contributed by atoms with Crippen LogP contribution in [-0.4, -0.2) is 40.3 Å². The molecule has 6 nitrogen and oxygen atoms in total. The highest BCUT2D eigenvalue weighted by Crippen LogP contribution is 2.17. The van der Waals surface area contributed by atoms with E-state index in [1.807, 2.05) is 51.1 Å². The van der Waals surface area contributed by atoms with Gasteiger partial charge in [-0.2, -0.15) is 0 Å². The quantitative estimate of drug-likeness (QED) is 0.226. The Bertz CT molecular complexity index is 448. The fourth-order valence-corrected chi connectivity index (χ4v) is 5.02. The first-order chi connectivity index (χ1) is 11.7. The van der Waals surface area contributed by atoms with Crippen LogP contribution in [0.1, 0.15) is 27.2 Å². The van der Waals surface area contributed by atoms with Crippen molar-refractivity contribution in [1.29, 1.82) is 0 Å². The molecule has 1 aromatic carbocycles. The highest BCUT2D eigenvalue weighted by molar-refractivity contribution is 7.80. The maximum atomic E-state index is 5.83. The van der Waals surface area contributed by atoms with Crippen LogP contribution in [0.4, 0.5) is 5.69 Å². The van der Waals surface area contributed by atoms with Crippen LogP contribution in [0.3, 0.4) is 0 Å². The van der Waals surface area contributed by atoms with Crippen molar-refractivity contribution in [3.8, 4) is 0 Å². The predicted molar refractivity (Wildman–Crippen MR) is 104 cm³/mol. The lowest BCUT2D eigenvalue weighted by Gasteiger charge is -2.28. The summed E-state index contributed by atoms with van der Waals surface area (Å²) in [6.07, 6.45) is 0.868. The molecule has 0 radical (unpaired) electrons. The molecule has 0 unspecified atom stereocenters. The zero-order valence-corrected chi connectivity index (χ0v) is 16.6. The first-order valence-electron chi connectivity index (χ1n) is 8.42. The smallest absolute Gasteiger partial charge is 0.374 e. The minimum absolute atomic E-state index is 0.532. The molecule has 1 rings (SSSR count). The first kappa shape index (κ1) is 21.0. The van der Waals surface area contributed by atoms with Gasteiger partial charge in [0.1, 0.15) is 0 Å². The minimum Gasteiger partial charge on any atom is -0.374 e. The van der Waals surface area contributed by atoms with Crippen LogP contribution in [0.25, 0.3) is 0 Å². The van der Waals surface area contributed by atoms with Gasteiger partial charge in [0.2, 0.25) is 0 Å². The van der Waals surface area contributed by atoms with E-state index < -0.39 is 8.80 Å². The standard InChI is InChI=1S/C16H29N3O3SSi/c1-4-20-24(21-5-2,22-6-3)14-10-13-17-19-16(23)18-15-11-8-7-9-12-15/h7-9,11-12,17H,4-6,10,13-14H2,1-3H3,(H2,18,19,23). The van der Waals surface area contributed by atoms with E-state index in [9.17, 15) is 0 Å². The number of benzene rings is 1. The summed E-state index contributed by atoms with van der Waals surface area (Å²) in [7, 11) is -2.55. The van der Waals surface area contributed by atoms with Crippen LogP contribution >= 0.6 is 12.2 Å². The third-order valence-electron chi connectivity index (χ3n) is 3.11. The Labute approximate surface area is 151 Å². The second-order valence-electron chi connectivity index (χ2n) is 4.96. The van der Waals surface area contributed by atoms with Crippen LogP contribution in [0.2, 0.25) is 6.04 Å². The molecule has 0 aromatic heterocycles. The van der Waals surface area contributed by atoms with Crippen molar-refractivity contribution >= 4 is 31.8 Å². The van der Waals surface area contributed by atoms with E-state index in [4.69, 9.17) is 25.5 Å². The number of thiocarbonyl (C=S) groups is 1. The predicted octanol–water partition coefficient (Wildman–Crippen LogP) is 2.92. The summed E-state index contributed by atoms with van der Waals surface area (Å²) in [6.45, 7) is 8.43. The third kappa shape index (κ3) is 8.18. The van der Waals surface area contributed by atoms with Gasteiger partial charge in [0.05, 0.1) is 0 Å². The normalized spacial score (nSPS) is 11.3. The number of hydrazine groups is 1. The van der Waals surface area contributed by atoms with Gasteiger partial charge in [0, 0.05) is 38.1 Å². The Morgan fingerprint density at radius 2 is 1.58 bits per heavy atom. The summed E-state index contributed by atoms with van der Waals surface area (Å²) in [4.78, 5) is 0. The van der Waals surface area contributed by atoms with Gasteiger partial charge in [0.15, 0.2) is 5.11 Å². The lowest BCUT2D eigenvalue weighted by atomic mass is 10.3. The average Bonchev–Trinajstić information content (AvgIpc) is 2.56. The van der Waals surface area contributed by atoms with E-state index in [2.05, 4.69) is 16.2 Å². The van der Waals surface area contributed by atoms with E-state index in [-0.39, 0.29) is 0 Å². The van der Waals surface area contributed by atoms with E-state index in [0.29, 0.717) is 24.9 Å². The Kier molecular flexibility index (Phi) is 10.8. The molecule has 1 aromatic rings. The highest BCUT2D eigenvalue weighted by atomic mass is 32.1. The molecule has 0 aliphatic rings. The summed E-state index contributed by atoms with van der Waals surface area (Å²) in [6, 6.07) is 10.6. The lowest BCUT2D eigenvalue weighted by Crippen LogP contribution is -2.47. The number of rotatable bonds is 12. The number of nitrogens with one attached hydrogen (secondary N) is 3. The number of para-hydroxylation sites is 1. The van der Waals surface area contributed by atoms with E-state index >= 15 is 0 Å². The van der Waals surface area contributed by atoms with E-state index in [1.54, 1.807) is 0 Å². The van der Waals surface area contributed by atoms with Crippen LogP contribution in [0, 0.1) is 0 Å². The van der Waals surface area contributed by atoms with Crippen LogP contribution in [0.15, 0.2) is 30.3 Å². The van der Waals surface area contributed by atoms with Crippen molar-refractivity contribution in [2.75, 3.05) is 31.7 Å². The van der Waals surface area contributed by atoms with Gasteiger partial charge in [-0.25, -0.2) is 5.43 Å². The van der Waals surface area contributed by atoms with Gasteiger partial charge < -0.3 is 18.6 Å². The zero-order valence-electron chi connectivity index (χ0n) is 14.8. The molecule has 0 fully saturated rings. The Morgan fingerprint density at radius 3 is 2.12 bits per heavy atom. The molecule has 3 N–H and O–H groups in total. The molecule has 0 aliphatic heterocycles. The SMILES string of the molecule is CCO[Si](CCCNNC(=S)Nc1ccccc1)(OCC)OCC. The summed E-state index contributed by atoms with van der Waals surface area (Å²) >= 11 is 5.23. The molecule has 0 bridgehead atoms. The summed E-state index contributed by atoms with van der Waals surface area (Å²) in [5.74, 6) is 0. The molecule has 0 atom stereocenters. The summed E-state index contributed by atoms with van der Waals surface area (Å²) in [5.41, 5.74) is 7.03. The van der Waals surface area contributed by atoms with Crippen molar-refractivity contribution in [2.24, 2.45) is 0 Å². The van der Waals surface area contributed by atoms with Crippen LogP contribution in [-0.2, 0) is 13.3 Å². The highest BCUT2D eigenvalue weighted by Gasteiger charge is 2.39. The molecular formula is C16H29N3O3SSi. The van der Waals surface area contributed by atoms with Gasteiger partial charge in [-0.05, 0) is 51.5 Å². The van der Waals surface area contributed by atoms with Crippen molar-refractivity contribution in [1.82, 2.24) is 10.9 Å². The van der Waals surface area contributed by atoms with Gasteiger partial charge in [-0.1, -0.05) is 18.2 Å². The monoisotopic (exact) mass is 371 g/mol. The first-order valence-corrected chi connectivity index (χ1v) is 10.8. The molecule has 0 saturated carbocycles. The van der Waals surface area contributed by atoms with Crippen molar-refractivity contribution in [2.45, 2.75) is 33.2 Å². The zero-order chi connectivity index (χ0) is 17.7. The van der Waals surface area contributed by atoms with Crippen molar-refractivity contribution in [3.05, 3.63) is 30.3 Å². The molecule has 136 valence electrons. The van der Waals surface area contributed by atoms with E-state index in [1.165, 1.54) is 0 Å². The largest absolute Gasteiger partial charge is 0.500 e. The maximum absolute atomic E-state index is 5.83. The second kappa shape index (κ2) is 12.3. The topological polar surface area (TPSA) is 63.8 Å². The lowest BCUT2D eigenvalue weighted by molar-refractivity contribution is 0.0708. The Balaban J connectivity index is 2.28. The molecule has 0 amide bonds. The van der Waals surface area contributed by atoms with Crippen molar-refractivity contribution < 1.29 is 13.3 Å². The molecule has 0 heterocycles. The van der Waals surface area contributed by atoms with Gasteiger partial charge in [-0.15, -0.1) is 0 Å². The fourth-order valence-electron chi connectivity index (χ4n) is 2.22. The van der Waals surface area contributed by atoms with Crippen LogP contribution in [0.5, 0.6) is 0 Å². The number of anilines is 1. The van der Waals surface area contributed by atoms with Gasteiger partial charge in [0.25, 0.3) is 0 Å². The fraction of sp³-hybridized carbons (Fsp3) is 0.562. The molecule has 8 heteroatoms. The molecule has 24 heavy (non-hydrogen) atoms. The second-order valence-corrected chi connectivity index (χ2v) is 8.10. The number of hydrogen-bond donors (Lipinski definition) is 3.